The van der Waals surface area contributed by atoms with Crippen LogP contribution in [0.25, 0.3) is 0 Å². The van der Waals surface area contributed by atoms with Crippen LogP contribution in [0.2, 0.25) is 0 Å². The number of fused-ring (bicyclic) bond motifs is 1. The lowest BCUT2D eigenvalue weighted by Crippen LogP contribution is -2.40. The number of carbonyl (C=O) groups excluding carboxylic acids is 1. The highest BCUT2D eigenvalue weighted by atomic mass is 16.2. The van der Waals surface area contributed by atoms with Crippen LogP contribution in [0, 0.1) is 0 Å². The van der Waals surface area contributed by atoms with E-state index in [2.05, 4.69) is 20.5 Å². The zero-order chi connectivity index (χ0) is 6.97. The second-order valence-corrected chi connectivity index (χ2v) is 1.95. The van der Waals surface area contributed by atoms with E-state index in [-0.39, 0.29) is 11.9 Å². The highest BCUT2D eigenvalue weighted by Crippen LogP contribution is 2.03. The lowest BCUT2D eigenvalue weighted by Gasteiger charge is -2.08. The zero-order valence-electron chi connectivity index (χ0n) is 4.98. The Bertz CT molecular complexity index is 265. The molecule has 2 aliphatic rings. The minimum Gasteiger partial charge on any atom is -0.312 e. The number of carbonyl (C=O) groups is 1. The lowest BCUT2D eigenvalue weighted by molar-refractivity contribution is -0.113. The maximum absolute atomic E-state index is 10.9. The van der Waals surface area contributed by atoms with Crippen LogP contribution in [0.4, 0.5) is 0 Å². The number of rotatable bonds is 0. The van der Waals surface area contributed by atoms with Gasteiger partial charge in [0.25, 0.3) is 5.91 Å². The average molecular weight is 136 g/mol. The maximum Gasteiger partial charge on any atom is 0.275 e. The molecule has 0 aromatic rings. The van der Waals surface area contributed by atoms with Gasteiger partial charge in [-0.25, -0.2) is 0 Å². The predicted octanol–water partition coefficient (Wildman–Crippen LogP) is -1.05. The van der Waals surface area contributed by atoms with E-state index in [4.69, 9.17) is 0 Å². The Kier molecular flexibility index (Phi) is 0.913. The monoisotopic (exact) mass is 136 g/mol. The molecular weight excluding hydrogens is 132 g/mol. The fraction of sp³-hybridized carbons (Fsp3) is 0.200. The van der Waals surface area contributed by atoms with Crippen LogP contribution in [0.5, 0.6) is 0 Å². The molecule has 2 rings (SSSR count). The Labute approximate surface area is 56.6 Å². The molecular formula is C5H4N4O. The first kappa shape index (κ1) is 5.28. The van der Waals surface area contributed by atoms with Crippen molar-refractivity contribution in [3.63, 3.8) is 0 Å². The molecule has 5 heteroatoms. The molecule has 0 aliphatic carbocycles. The van der Waals surface area contributed by atoms with Crippen molar-refractivity contribution in [2.75, 3.05) is 0 Å². The SMILES string of the molecule is O=C1NC=NC2C=NN=C12. The molecule has 1 amide bonds. The second kappa shape index (κ2) is 1.73. The fourth-order valence-electron chi connectivity index (χ4n) is 0.827. The minimum absolute atomic E-state index is 0.211. The Hall–Kier alpha value is -1.52. The van der Waals surface area contributed by atoms with Crippen molar-refractivity contribution < 1.29 is 4.79 Å². The molecule has 2 aliphatic heterocycles. The molecule has 0 fully saturated rings. The van der Waals surface area contributed by atoms with Crippen LogP contribution < -0.4 is 5.32 Å². The number of aliphatic imine (C=N–C) groups is 1. The summed E-state index contributed by atoms with van der Waals surface area (Å²) in [7, 11) is 0. The Morgan fingerprint density at radius 3 is 3.30 bits per heavy atom. The number of nitrogens with one attached hydrogen (secondary N) is 1. The highest BCUT2D eigenvalue weighted by molar-refractivity contribution is 6.47. The van der Waals surface area contributed by atoms with Gasteiger partial charge in [0, 0.05) is 0 Å². The summed E-state index contributed by atoms with van der Waals surface area (Å²) in [5.41, 5.74) is 0.377. The summed E-state index contributed by atoms with van der Waals surface area (Å²) in [4.78, 5) is 14.8. The first-order valence-electron chi connectivity index (χ1n) is 2.81. The van der Waals surface area contributed by atoms with Gasteiger partial charge in [-0.05, 0) is 0 Å². The van der Waals surface area contributed by atoms with E-state index in [0.717, 1.165) is 0 Å². The summed E-state index contributed by atoms with van der Waals surface area (Å²) >= 11 is 0. The normalized spacial score (nSPS) is 27.8. The van der Waals surface area contributed by atoms with Gasteiger partial charge in [-0.2, -0.15) is 5.10 Å². The molecule has 2 heterocycles. The van der Waals surface area contributed by atoms with Crippen LogP contribution >= 0.6 is 0 Å². The van der Waals surface area contributed by atoms with Gasteiger partial charge < -0.3 is 5.32 Å². The van der Waals surface area contributed by atoms with Crippen LogP contribution in [-0.4, -0.2) is 30.2 Å². The first-order chi connectivity index (χ1) is 4.88. The predicted molar refractivity (Wildman–Crippen MR) is 36.3 cm³/mol. The molecule has 0 aromatic heterocycles. The van der Waals surface area contributed by atoms with Crippen molar-refractivity contribution in [3.05, 3.63) is 0 Å². The number of nitrogens with zero attached hydrogens (tertiary/aromatic N) is 3. The molecule has 0 bridgehead atoms. The van der Waals surface area contributed by atoms with Gasteiger partial charge in [0.2, 0.25) is 0 Å². The third-order valence-electron chi connectivity index (χ3n) is 1.32. The Balaban J connectivity index is 2.41. The minimum atomic E-state index is -0.242. The van der Waals surface area contributed by atoms with Gasteiger partial charge in [-0.15, -0.1) is 5.10 Å². The summed E-state index contributed by atoms with van der Waals surface area (Å²) in [6.45, 7) is 0. The van der Waals surface area contributed by atoms with Crippen LogP contribution in [0.3, 0.4) is 0 Å². The van der Waals surface area contributed by atoms with E-state index in [1.165, 1.54) is 12.6 Å². The highest BCUT2D eigenvalue weighted by Gasteiger charge is 2.26. The van der Waals surface area contributed by atoms with Gasteiger partial charge in [0.1, 0.15) is 6.04 Å². The summed E-state index contributed by atoms with van der Waals surface area (Å²) in [5, 5.41) is 9.58. The molecule has 10 heavy (non-hydrogen) atoms. The molecule has 0 saturated heterocycles. The quantitative estimate of drug-likeness (QED) is 0.453. The van der Waals surface area contributed by atoms with Gasteiger partial charge in [-0.1, -0.05) is 0 Å². The summed E-state index contributed by atoms with van der Waals surface area (Å²) in [6, 6.07) is -0.242. The van der Waals surface area contributed by atoms with Gasteiger partial charge >= 0.3 is 0 Å². The lowest BCUT2D eigenvalue weighted by atomic mass is 10.2. The molecule has 0 spiro atoms. The fourth-order valence-corrected chi connectivity index (χ4v) is 0.827. The van der Waals surface area contributed by atoms with E-state index in [1.807, 2.05) is 0 Å². The molecule has 0 aromatic carbocycles. The smallest absolute Gasteiger partial charge is 0.275 e. The zero-order valence-corrected chi connectivity index (χ0v) is 4.98. The Morgan fingerprint density at radius 2 is 2.50 bits per heavy atom. The topological polar surface area (TPSA) is 66.2 Å². The van der Waals surface area contributed by atoms with Crippen LogP contribution in [0.15, 0.2) is 15.2 Å². The second-order valence-electron chi connectivity index (χ2n) is 1.95. The number of hydrogen-bond acceptors (Lipinski definition) is 4. The molecule has 0 saturated carbocycles. The van der Waals surface area contributed by atoms with Crippen molar-refractivity contribution in [2.45, 2.75) is 6.04 Å². The molecule has 1 unspecified atom stereocenters. The van der Waals surface area contributed by atoms with Crippen molar-refractivity contribution in [2.24, 2.45) is 15.2 Å². The van der Waals surface area contributed by atoms with Crippen LogP contribution in [0.1, 0.15) is 0 Å². The van der Waals surface area contributed by atoms with Gasteiger partial charge in [0.15, 0.2) is 5.71 Å². The molecule has 1 atom stereocenters. The standard InChI is InChI=1S/C5H4N4O/c10-5-4-3(1-8-9-4)6-2-7-5/h1-3H,(H,6,7,10). The summed E-state index contributed by atoms with van der Waals surface area (Å²) in [6.07, 6.45) is 2.90. The van der Waals surface area contributed by atoms with Crippen molar-refractivity contribution in [1.29, 1.82) is 0 Å². The molecule has 5 nitrogen and oxygen atoms in total. The van der Waals surface area contributed by atoms with E-state index in [0.29, 0.717) is 5.71 Å². The molecule has 50 valence electrons. The van der Waals surface area contributed by atoms with Crippen LogP contribution in [-0.2, 0) is 4.79 Å². The van der Waals surface area contributed by atoms with Crippen molar-refractivity contribution >= 4 is 24.2 Å². The third kappa shape index (κ3) is 0.570. The van der Waals surface area contributed by atoms with Gasteiger partial charge in [-0.3, -0.25) is 9.79 Å². The van der Waals surface area contributed by atoms with Gasteiger partial charge in [0.05, 0.1) is 12.6 Å². The van der Waals surface area contributed by atoms with E-state index < -0.39 is 0 Å². The Morgan fingerprint density at radius 1 is 1.60 bits per heavy atom. The average Bonchev–Trinajstić information content (AvgIpc) is 2.36. The number of amides is 1. The summed E-state index contributed by atoms with van der Waals surface area (Å²) < 4.78 is 0. The first-order valence-corrected chi connectivity index (χ1v) is 2.81. The molecule has 1 N–H and O–H groups in total. The summed E-state index contributed by atoms with van der Waals surface area (Å²) in [5.74, 6) is -0.211. The van der Waals surface area contributed by atoms with E-state index >= 15 is 0 Å². The van der Waals surface area contributed by atoms with E-state index in [9.17, 15) is 4.79 Å². The van der Waals surface area contributed by atoms with Crippen molar-refractivity contribution in [3.8, 4) is 0 Å². The number of hydrogen-bond donors (Lipinski definition) is 1. The maximum atomic E-state index is 10.9. The third-order valence-corrected chi connectivity index (χ3v) is 1.32. The molecule has 0 radical (unpaired) electrons. The van der Waals surface area contributed by atoms with Crippen molar-refractivity contribution in [1.82, 2.24) is 5.32 Å². The van der Waals surface area contributed by atoms with E-state index in [1.54, 1.807) is 0 Å². The largest absolute Gasteiger partial charge is 0.312 e.